The molecule has 31 heavy (non-hydrogen) atoms. The first-order valence-electron chi connectivity index (χ1n) is 10.2. The second kappa shape index (κ2) is 8.65. The molecule has 1 aliphatic rings. The van der Waals surface area contributed by atoms with E-state index in [0.717, 1.165) is 12.8 Å². The minimum atomic E-state index is -1.14. The fourth-order valence-corrected chi connectivity index (χ4v) is 3.83. The molecular weight excluding hydrogens is 412 g/mol. The lowest BCUT2D eigenvalue weighted by Gasteiger charge is -2.26. The van der Waals surface area contributed by atoms with Crippen molar-refractivity contribution in [1.29, 1.82) is 0 Å². The maximum Gasteiger partial charge on any atom is 0.201 e. The first-order chi connectivity index (χ1) is 14.9. The third-order valence-electron chi connectivity index (χ3n) is 5.61. The van der Waals surface area contributed by atoms with Crippen LogP contribution in [0.25, 0.3) is 10.8 Å². The zero-order valence-electron chi connectivity index (χ0n) is 17.2. The van der Waals surface area contributed by atoms with E-state index in [1.165, 1.54) is 19.2 Å². The molecule has 3 aromatic carbocycles. The predicted octanol–water partition coefficient (Wildman–Crippen LogP) is 6.13. The van der Waals surface area contributed by atoms with Crippen LogP contribution in [0.1, 0.15) is 30.9 Å². The summed E-state index contributed by atoms with van der Waals surface area (Å²) in [6, 6.07) is 7.54. The van der Waals surface area contributed by atoms with Gasteiger partial charge in [-0.05, 0) is 60.0 Å². The lowest BCUT2D eigenvalue weighted by molar-refractivity contribution is 0.159. The van der Waals surface area contributed by atoms with Crippen LogP contribution in [0.5, 0.6) is 17.2 Å². The Morgan fingerprint density at radius 3 is 2.55 bits per heavy atom. The maximum atomic E-state index is 14.5. The van der Waals surface area contributed by atoms with Crippen molar-refractivity contribution >= 4 is 10.8 Å². The van der Waals surface area contributed by atoms with Gasteiger partial charge in [-0.2, -0.15) is 8.78 Å². The Bertz CT molecular complexity index is 1130. The standard InChI is InChI=1S/C24H22F4O3/c1-3-16-6-5-15-10-14(20(25)23(28)24(15)31-16)8-9-30-19-11-13-4-7-17(29-2)12-18(13)21(26)22(19)27/h4,7,10-12,16H,3,5-6,8-9H2,1-2H3. The minimum Gasteiger partial charge on any atom is -0.497 e. The van der Waals surface area contributed by atoms with Crippen molar-refractivity contribution in [1.82, 2.24) is 0 Å². The van der Waals surface area contributed by atoms with E-state index >= 15 is 0 Å². The highest BCUT2D eigenvalue weighted by Gasteiger charge is 2.26. The summed E-state index contributed by atoms with van der Waals surface area (Å²) >= 11 is 0. The first-order valence-corrected chi connectivity index (χ1v) is 10.2. The summed E-state index contributed by atoms with van der Waals surface area (Å²) in [7, 11) is 1.43. The van der Waals surface area contributed by atoms with E-state index in [1.807, 2.05) is 6.92 Å². The Labute approximate surface area is 177 Å². The minimum absolute atomic E-state index is 0.00501. The normalized spacial score (nSPS) is 15.5. The molecule has 1 atom stereocenters. The molecule has 3 nitrogen and oxygen atoms in total. The van der Waals surface area contributed by atoms with Gasteiger partial charge < -0.3 is 14.2 Å². The van der Waals surface area contributed by atoms with Gasteiger partial charge in [0, 0.05) is 11.8 Å². The van der Waals surface area contributed by atoms with Crippen LogP contribution in [0, 0.1) is 23.3 Å². The molecule has 0 bridgehead atoms. The van der Waals surface area contributed by atoms with Crippen LogP contribution < -0.4 is 14.2 Å². The Hall–Kier alpha value is -2.96. The van der Waals surface area contributed by atoms with Gasteiger partial charge in [-0.25, -0.2) is 8.78 Å². The van der Waals surface area contributed by atoms with Crippen molar-refractivity contribution < 1.29 is 31.8 Å². The number of ether oxygens (including phenoxy) is 3. The molecule has 1 aliphatic heterocycles. The van der Waals surface area contributed by atoms with Crippen molar-refractivity contribution in [2.75, 3.05) is 13.7 Å². The Morgan fingerprint density at radius 2 is 1.81 bits per heavy atom. The third kappa shape index (κ3) is 4.01. The average molecular weight is 434 g/mol. The molecule has 0 aliphatic carbocycles. The summed E-state index contributed by atoms with van der Waals surface area (Å²) in [5.41, 5.74) is 0.719. The second-order valence-electron chi connectivity index (χ2n) is 7.53. The monoisotopic (exact) mass is 434 g/mol. The largest absolute Gasteiger partial charge is 0.497 e. The zero-order chi connectivity index (χ0) is 22.1. The number of rotatable bonds is 6. The molecule has 1 unspecified atom stereocenters. The molecule has 0 N–H and O–H groups in total. The predicted molar refractivity (Wildman–Crippen MR) is 109 cm³/mol. The maximum absolute atomic E-state index is 14.5. The number of benzene rings is 3. The zero-order valence-corrected chi connectivity index (χ0v) is 17.2. The lowest BCUT2D eigenvalue weighted by atomic mass is 9.97. The van der Waals surface area contributed by atoms with E-state index in [2.05, 4.69) is 0 Å². The van der Waals surface area contributed by atoms with Gasteiger partial charge in [-0.1, -0.05) is 13.0 Å². The van der Waals surface area contributed by atoms with Crippen molar-refractivity contribution in [2.45, 2.75) is 38.7 Å². The molecule has 7 heteroatoms. The van der Waals surface area contributed by atoms with E-state index in [1.54, 1.807) is 18.2 Å². The van der Waals surface area contributed by atoms with Gasteiger partial charge in [0.25, 0.3) is 0 Å². The molecule has 0 saturated heterocycles. The number of halogens is 4. The second-order valence-corrected chi connectivity index (χ2v) is 7.53. The SMILES string of the molecule is CCC1CCc2cc(CCOc3cc4ccc(OC)cc4c(F)c3F)c(F)c(F)c2O1. The molecule has 164 valence electrons. The highest BCUT2D eigenvalue weighted by Crippen LogP contribution is 2.35. The summed E-state index contributed by atoms with van der Waals surface area (Å²) in [6.45, 7) is 1.78. The highest BCUT2D eigenvalue weighted by atomic mass is 19.2. The molecule has 0 saturated carbocycles. The van der Waals surface area contributed by atoms with Crippen molar-refractivity contribution in [2.24, 2.45) is 0 Å². The first kappa shape index (κ1) is 21.3. The van der Waals surface area contributed by atoms with Crippen molar-refractivity contribution in [3.63, 3.8) is 0 Å². The van der Waals surface area contributed by atoms with Crippen LogP contribution in [0.2, 0.25) is 0 Å². The van der Waals surface area contributed by atoms with E-state index in [4.69, 9.17) is 14.2 Å². The molecule has 0 amide bonds. The highest BCUT2D eigenvalue weighted by molar-refractivity contribution is 5.86. The van der Waals surface area contributed by atoms with E-state index < -0.39 is 23.3 Å². The topological polar surface area (TPSA) is 27.7 Å². The summed E-state index contributed by atoms with van der Waals surface area (Å²) in [4.78, 5) is 0. The van der Waals surface area contributed by atoms with Crippen LogP contribution in [-0.2, 0) is 12.8 Å². The van der Waals surface area contributed by atoms with Gasteiger partial charge in [0.05, 0.1) is 19.8 Å². The number of methoxy groups -OCH3 is 1. The molecule has 0 radical (unpaired) electrons. The molecule has 4 rings (SSSR count). The van der Waals surface area contributed by atoms with Gasteiger partial charge in [-0.15, -0.1) is 0 Å². The fraction of sp³-hybridized carbons (Fsp3) is 0.333. The fourth-order valence-electron chi connectivity index (χ4n) is 3.83. The van der Waals surface area contributed by atoms with Crippen LogP contribution in [-0.4, -0.2) is 19.8 Å². The third-order valence-corrected chi connectivity index (χ3v) is 5.61. The Morgan fingerprint density at radius 1 is 1.00 bits per heavy atom. The van der Waals surface area contributed by atoms with Crippen LogP contribution in [0.4, 0.5) is 17.6 Å². The molecule has 0 spiro atoms. The Balaban J connectivity index is 1.53. The van der Waals surface area contributed by atoms with E-state index in [9.17, 15) is 17.6 Å². The van der Waals surface area contributed by atoms with Gasteiger partial charge in [0.1, 0.15) is 5.75 Å². The van der Waals surface area contributed by atoms with Crippen LogP contribution in [0.15, 0.2) is 30.3 Å². The van der Waals surface area contributed by atoms with E-state index in [0.29, 0.717) is 23.1 Å². The quantitative estimate of drug-likeness (QED) is 0.437. The summed E-state index contributed by atoms with van der Waals surface area (Å²) < 4.78 is 73.9. The molecular formula is C24H22F4O3. The molecule has 0 fully saturated rings. The summed E-state index contributed by atoms with van der Waals surface area (Å²) in [6.07, 6.45) is 1.91. The summed E-state index contributed by atoms with van der Waals surface area (Å²) in [5.74, 6) is -4.13. The number of aryl methyl sites for hydroxylation is 1. The summed E-state index contributed by atoms with van der Waals surface area (Å²) in [5, 5.41) is 0.501. The molecule has 3 aromatic rings. The number of fused-ring (bicyclic) bond motifs is 2. The van der Waals surface area contributed by atoms with Gasteiger partial charge in [0.2, 0.25) is 11.6 Å². The van der Waals surface area contributed by atoms with Gasteiger partial charge in [0.15, 0.2) is 23.1 Å². The lowest BCUT2D eigenvalue weighted by Crippen LogP contribution is -2.23. The van der Waals surface area contributed by atoms with Crippen LogP contribution >= 0.6 is 0 Å². The molecule has 1 heterocycles. The van der Waals surface area contributed by atoms with Crippen molar-refractivity contribution in [3.05, 3.63) is 64.7 Å². The Kier molecular flexibility index (Phi) is 5.94. The van der Waals surface area contributed by atoms with E-state index in [-0.39, 0.29) is 41.6 Å². The van der Waals surface area contributed by atoms with Crippen LogP contribution in [0.3, 0.4) is 0 Å². The number of hydrogen-bond acceptors (Lipinski definition) is 3. The number of hydrogen-bond donors (Lipinski definition) is 0. The van der Waals surface area contributed by atoms with Crippen molar-refractivity contribution in [3.8, 4) is 17.2 Å². The van der Waals surface area contributed by atoms with Gasteiger partial charge >= 0.3 is 0 Å². The smallest absolute Gasteiger partial charge is 0.201 e. The average Bonchev–Trinajstić information content (AvgIpc) is 2.79. The molecule has 0 aromatic heterocycles. The van der Waals surface area contributed by atoms with Gasteiger partial charge in [-0.3, -0.25) is 0 Å².